The molecule has 4 atom stereocenters. The molecule has 1 fully saturated rings. The lowest BCUT2D eigenvalue weighted by atomic mass is 9.76. The summed E-state index contributed by atoms with van der Waals surface area (Å²) in [6.07, 6.45) is 1.95. The van der Waals surface area contributed by atoms with E-state index >= 15 is 0 Å². The molecule has 1 aliphatic carbocycles. The number of ether oxygens (including phenoxy) is 2. The number of Topliss-reactive ketones (excluding diaryl/α,β-unsaturated/α-hetero) is 1. The van der Waals surface area contributed by atoms with Crippen LogP contribution in [0.15, 0.2) is 35.6 Å². The van der Waals surface area contributed by atoms with Gasteiger partial charge in [0.1, 0.15) is 6.10 Å². The lowest BCUT2D eigenvalue weighted by molar-refractivity contribution is -0.138. The van der Waals surface area contributed by atoms with Gasteiger partial charge in [-0.1, -0.05) is 37.6 Å². The standard InChI is InChI=1S/C24H31ClN2O4/c1-4-26(5-2)11-12-27-21(15-7-6-8-16(25)13-15)20-22(28)18-10-9-17(30-3)14-19(18)31-23(20)24(27)29/h6-8,13,17-19,21H,4-5,9-12,14H2,1-3H3. The smallest absolute Gasteiger partial charge is 0.290 e. The van der Waals surface area contributed by atoms with Gasteiger partial charge in [0, 0.05) is 31.6 Å². The molecule has 1 amide bonds. The number of ketones is 1. The quantitative estimate of drug-likeness (QED) is 0.640. The number of benzene rings is 1. The number of amides is 1. The van der Waals surface area contributed by atoms with Crippen LogP contribution >= 0.6 is 11.6 Å². The van der Waals surface area contributed by atoms with Crippen LogP contribution in [-0.4, -0.2) is 67.0 Å². The van der Waals surface area contributed by atoms with Gasteiger partial charge in [0.15, 0.2) is 11.5 Å². The van der Waals surface area contributed by atoms with Gasteiger partial charge < -0.3 is 19.3 Å². The van der Waals surface area contributed by atoms with Gasteiger partial charge in [-0.25, -0.2) is 0 Å². The molecule has 6 nitrogen and oxygen atoms in total. The van der Waals surface area contributed by atoms with Crippen LogP contribution < -0.4 is 0 Å². The van der Waals surface area contributed by atoms with Crippen LogP contribution in [-0.2, 0) is 19.1 Å². The minimum Gasteiger partial charge on any atom is -0.483 e. The van der Waals surface area contributed by atoms with Gasteiger partial charge in [-0.15, -0.1) is 0 Å². The van der Waals surface area contributed by atoms with Crippen molar-refractivity contribution in [2.45, 2.75) is 51.4 Å². The summed E-state index contributed by atoms with van der Waals surface area (Å²) in [4.78, 5) is 31.2. The van der Waals surface area contributed by atoms with Crippen LogP contribution in [0.5, 0.6) is 0 Å². The number of halogens is 1. The first-order valence-electron chi connectivity index (χ1n) is 11.2. The minimum atomic E-state index is -0.453. The summed E-state index contributed by atoms with van der Waals surface area (Å²) in [5.74, 6) is -0.141. The van der Waals surface area contributed by atoms with Gasteiger partial charge in [0.25, 0.3) is 5.91 Å². The van der Waals surface area contributed by atoms with Crippen LogP contribution in [0.4, 0.5) is 0 Å². The van der Waals surface area contributed by atoms with E-state index in [1.807, 2.05) is 18.2 Å². The molecule has 1 aromatic rings. The van der Waals surface area contributed by atoms with Crippen molar-refractivity contribution >= 4 is 23.3 Å². The molecule has 2 heterocycles. The SMILES string of the molecule is CCN(CC)CCN1C(=O)C2=C(C(=O)C3CCC(OC)CC3O2)C1c1cccc(Cl)c1. The molecule has 7 heteroatoms. The van der Waals surface area contributed by atoms with Gasteiger partial charge in [-0.2, -0.15) is 0 Å². The maximum absolute atomic E-state index is 13.6. The van der Waals surface area contributed by atoms with E-state index in [1.54, 1.807) is 18.1 Å². The average molecular weight is 447 g/mol. The van der Waals surface area contributed by atoms with E-state index < -0.39 is 6.04 Å². The summed E-state index contributed by atoms with van der Waals surface area (Å²) in [5, 5.41) is 0.588. The zero-order valence-corrected chi connectivity index (χ0v) is 19.2. The van der Waals surface area contributed by atoms with Crippen molar-refractivity contribution in [3.05, 3.63) is 46.2 Å². The summed E-state index contributed by atoms with van der Waals surface area (Å²) < 4.78 is 11.7. The number of hydrogen-bond acceptors (Lipinski definition) is 5. The summed E-state index contributed by atoms with van der Waals surface area (Å²) in [6.45, 7) is 7.30. The molecular weight excluding hydrogens is 416 g/mol. The molecule has 1 saturated carbocycles. The van der Waals surface area contributed by atoms with Crippen LogP contribution in [0.25, 0.3) is 0 Å². The molecule has 0 saturated heterocycles. The van der Waals surface area contributed by atoms with Crippen molar-refractivity contribution in [3.8, 4) is 0 Å². The Kier molecular flexibility index (Phi) is 6.70. The topological polar surface area (TPSA) is 59.1 Å². The Morgan fingerprint density at radius 3 is 2.68 bits per heavy atom. The van der Waals surface area contributed by atoms with Gasteiger partial charge in [-0.05, 0) is 43.6 Å². The van der Waals surface area contributed by atoms with E-state index in [0.29, 0.717) is 30.0 Å². The number of fused-ring (bicyclic) bond motifs is 1. The third-order valence-electron chi connectivity index (χ3n) is 6.95. The highest BCUT2D eigenvalue weighted by Crippen LogP contribution is 2.47. The Bertz CT molecular complexity index is 882. The highest BCUT2D eigenvalue weighted by Gasteiger charge is 2.52. The highest BCUT2D eigenvalue weighted by molar-refractivity contribution is 6.30. The molecule has 0 radical (unpaired) electrons. The van der Waals surface area contributed by atoms with E-state index in [9.17, 15) is 9.59 Å². The lowest BCUT2D eigenvalue weighted by Gasteiger charge is -2.38. The normalized spacial score (nSPS) is 28.1. The van der Waals surface area contributed by atoms with Crippen LogP contribution in [0, 0.1) is 5.92 Å². The molecule has 31 heavy (non-hydrogen) atoms. The summed E-state index contributed by atoms with van der Waals surface area (Å²) >= 11 is 6.28. The van der Waals surface area contributed by atoms with Gasteiger partial charge in [-0.3, -0.25) is 9.59 Å². The van der Waals surface area contributed by atoms with Crippen LogP contribution in [0.1, 0.15) is 44.7 Å². The van der Waals surface area contributed by atoms with Crippen molar-refractivity contribution in [3.63, 3.8) is 0 Å². The summed E-state index contributed by atoms with van der Waals surface area (Å²) in [7, 11) is 1.69. The predicted octanol–water partition coefficient (Wildman–Crippen LogP) is 3.60. The molecule has 3 aliphatic rings. The van der Waals surface area contributed by atoms with Crippen molar-refractivity contribution in [1.29, 1.82) is 0 Å². The number of nitrogens with zero attached hydrogens (tertiary/aromatic N) is 2. The first-order valence-corrected chi connectivity index (χ1v) is 11.6. The molecule has 0 aromatic heterocycles. The highest BCUT2D eigenvalue weighted by atomic mass is 35.5. The van der Waals surface area contributed by atoms with Gasteiger partial charge >= 0.3 is 0 Å². The fourth-order valence-corrected chi connectivity index (χ4v) is 5.33. The Balaban J connectivity index is 1.70. The van der Waals surface area contributed by atoms with E-state index in [0.717, 1.165) is 31.6 Å². The minimum absolute atomic E-state index is 0.0458. The average Bonchev–Trinajstić information content (AvgIpc) is 3.06. The Morgan fingerprint density at radius 2 is 2.00 bits per heavy atom. The fraction of sp³-hybridized carbons (Fsp3) is 0.583. The van der Waals surface area contributed by atoms with Crippen LogP contribution in [0.3, 0.4) is 0 Å². The maximum atomic E-state index is 13.6. The van der Waals surface area contributed by atoms with Crippen molar-refractivity contribution in [2.24, 2.45) is 5.92 Å². The molecule has 0 bridgehead atoms. The first-order chi connectivity index (χ1) is 15.0. The lowest BCUT2D eigenvalue weighted by Crippen LogP contribution is -2.43. The number of methoxy groups -OCH3 is 1. The van der Waals surface area contributed by atoms with Crippen molar-refractivity contribution in [1.82, 2.24) is 9.80 Å². The number of likely N-dealkylation sites (N-methyl/N-ethyl adjacent to an activating group) is 1. The molecule has 1 aromatic carbocycles. The van der Waals surface area contributed by atoms with Gasteiger partial charge in [0.05, 0.1) is 23.6 Å². The summed E-state index contributed by atoms with van der Waals surface area (Å²) in [5.41, 5.74) is 1.36. The number of hydrogen-bond donors (Lipinski definition) is 0. The van der Waals surface area contributed by atoms with Crippen LogP contribution in [0.2, 0.25) is 5.02 Å². The van der Waals surface area contributed by atoms with E-state index in [-0.39, 0.29) is 35.6 Å². The zero-order chi connectivity index (χ0) is 22.1. The van der Waals surface area contributed by atoms with Gasteiger partial charge in [0.2, 0.25) is 0 Å². The number of carbonyl (C=O) groups is 2. The zero-order valence-electron chi connectivity index (χ0n) is 18.5. The maximum Gasteiger partial charge on any atom is 0.290 e. The molecule has 168 valence electrons. The Morgan fingerprint density at radius 1 is 1.23 bits per heavy atom. The molecule has 2 aliphatic heterocycles. The number of rotatable bonds is 7. The Hall–Kier alpha value is -1.89. The second kappa shape index (κ2) is 9.31. The number of carbonyl (C=O) groups excluding carboxylic acids is 2. The monoisotopic (exact) mass is 446 g/mol. The molecule has 0 N–H and O–H groups in total. The second-order valence-electron chi connectivity index (χ2n) is 8.52. The third kappa shape index (κ3) is 4.13. The largest absolute Gasteiger partial charge is 0.483 e. The van der Waals surface area contributed by atoms with E-state index in [1.165, 1.54) is 0 Å². The van der Waals surface area contributed by atoms with Crippen molar-refractivity contribution in [2.75, 3.05) is 33.3 Å². The second-order valence-corrected chi connectivity index (χ2v) is 8.96. The summed E-state index contributed by atoms with van der Waals surface area (Å²) in [6, 6.07) is 7.00. The Labute approximate surface area is 189 Å². The first kappa shape index (κ1) is 22.3. The van der Waals surface area contributed by atoms with Crippen molar-refractivity contribution < 1.29 is 19.1 Å². The third-order valence-corrected chi connectivity index (χ3v) is 7.18. The predicted molar refractivity (Wildman–Crippen MR) is 119 cm³/mol. The molecule has 0 spiro atoms. The van der Waals surface area contributed by atoms with E-state index in [2.05, 4.69) is 18.7 Å². The fourth-order valence-electron chi connectivity index (χ4n) is 5.13. The molecule has 4 rings (SSSR count). The molecular formula is C24H31ClN2O4. The van der Waals surface area contributed by atoms with E-state index in [4.69, 9.17) is 21.1 Å². The molecule has 4 unspecified atom stereocenters.